The summed E-state index contributed by atoms with van der Waals surface area (Å²) in [5.74, 6) is 1.66. The van der Waals surface area contributed by atoms with Crippen LogP contribution in [0.5, 0.6) is 11.5 Å². The van der Waals surface area contributed by atoms with Gasteiger partial charge in [0.25, 0.3) is 5.91 Å². The maximum atomic E-state index is 12.9. The van der Waals surface area contributed by atoms with Crippen molar-refractivity contribution in [3.63, 3.8) is 0 Å². The predicted octanol–water partition coefficient (Wildman–Crippen LogP) is 2.83. The first-order chi connectivity index (χ1) is 12.1. The molecule has 0 aromatic heterocycles. The summed E-state index contributed by atoms with van der Waals surface area (Å²) in [5, 5.41) is 0. The summed E-state index contributed by atoms with van der Waals surface area (Å²) in [6, 6.07) is 15.4. The Labute approximate surface area is 148 Å². The number of hydrogen-bond acceptors (Lipinski definition) is 4. The van der Waals surface area contributed by atoms with E-state index in [-0.39, 0.29) is 11.9 Å². The van der Waals surface area contributed by atoms with Crippen LogP contribution < -0.4 is 9.47 Å². The van der Waals surface area contributed by atoms with E-state index in [9.17, 15) is 4.79 Å². The van der Waals surface area contributed by atoms with Crippen LogP contribution in [0.2, 0.25) is 0 Å². The largest absolute Gasteiger partial charge is 0.497 e. The average molecular weight is 340 g/mol. The molecule has 1 unspecified atom stereocenters. The van der Waals surface area contributed by atoms with Gasteiger partial charge in [-0.25, -0.2) is 0 Å². The quantitative estimate of drug-likeness (QED) is 0.858. The predicted molar refractivity (Wildman–Crippen MR) is 97.3 cm³/mol. The van der Waals surface area contributed by atoms with E-state index in [1.165, 1.54) is 0 Å². The van der Waals surface area contributed by atoms with Gasteiger partial charge in [-0.3, -0.25) is 9.69 Å². The van der Waals surface area contributed by atoms with Crippen LogP contribution in [-0.2, 0) is 0 Å². The Morgan fingerprint density at radius 3 is 2.40 bits per heavy atom. The molecule has 25 heavy (non-hydrogen) atoms. The highest BCUT2D eigenvalue weighted by Gasteiger charge is 2.30. The highest BCUT2D eigenvalue weighted by atomic mass is 16.5. The van der Waals surface area contributed by atoms with E-state index >= 15 is 0 Å². The SMILES string of the molecule is COc1ccc(C(=O)N2CCN(C)C(c3ccccc3OC)C2)cc1. The van der Waals surface area contributed by atoms with Gasteiger partial charge in [-0.15, -0.1) is 0 Å². The molecule has 5 nitrogen and oxygen atoms in total. The minimum atomic E-state index is 0.0515. The lowest BCUT2D eigenvalue weighted by Gasteiger charge is -2.40. The molecule has 132 valence electrons. The molecule has 1 aliphatic rings. The van der Waals surface area contributed by atoms with Crippen molar-refractivity contribution in [2.75, 3.05) is 40.9 Å². The maximum Gasteiger partial charge on any atom is 0.253 e. The van der Waals surface area contributed by atoms with Crippen LogP contribution in [0.3, 0.4) is 0 Å². The molecule has 0 aliphatic carbocycles. The first-order valence-corrected chi connectivity index (χ1v) is 8.40. The van der Waals surface area contributed by atoms with Crippen molar-refractivity contribution in [3.05, 3.63) is 59.7 Å². The van der Waals surface area contributed by atoms with E-state index in [0.29, 0.717) is 18.7 Å². The Bertz CT molecular complexity index is 730. The second-order valence-electron chi connectivity index (χ2n) is 6.22. The zero-order valence-corrected chi connectivity index (χ0v) is 14.9. The van der Waals surface area contributed by atoms with Crippen molar-refractivity contribution >= 4 is 5.91 Å². The van der Waals surface area contributed by atoms with E-state index in [1.807, 2.05) is 47.4 Å². The molecule has 1 heterocycles. The van der Waals surface area contributed by atoms with E-state index in [4.69, 9.17) is 9.47 Å². The van der Waals surface area contributed by atoms with E-state index < -0.39 is 0 Å². The molecule has 0 radical (unpaired) electrons. The second kappa shape index (κ2) is 7.57. The first-order valence-electron chi connectivity index (χ1n) is 8.40. The van der Waals surface area contributed by atoms with Crippen LogP contribution in [0.15, 0.2) is 48.5 Å². The van der Waals surface area contributed by atoms with Crippen LogP contribution in [0.1, 0.15) is 22.0 Å². The minimum Gasteiger partial charge on any atom is -0.497 e. The van der Waals surface area contributed by atoms with Gasteiger partial charge in [-0.05, 0) is 37.4 Å². The second-order valence-corrected chi connectivity index (χ2v) is 6.22. The minimum absolute atomic E-state index is 0.0515. The van der Waals surface area contributed by atoms with E-state index in [0.717, 1.165) is 23.6 Å². The number of likely N-dealkylation sites (N-methyl/N-ethyl adjacent to an activating group) is 1. The molecule has 1 saturated heterocycles. The summed E-state index contributed by atoms with van der Waals surface area (Å²) < 4.78 is 10.7. The Kier molecular flexibility index (Phi) is 5.24. The van der Waals surface area contributed by atoms with Gasteiger partial charge in [-0.2, -0.15) is 0 Å². The number of carbonyl (C=O) groups is 1. The molecular formula is C20H24N2O3. The Morgan fingerprint density at radius 1 is 1.00 bits per heavy atom. The fraction of sp³-hybridized carbons (Fsp3) is 0.350. The molecule has 0 N–H and O–H groups in total. The molecule has 1 amide bonds. The van der Waals surface area contributed by atoms with Crippen molar-refractivity contribution in [1.82, 2.24) is 9.80 Å². The number of nitrogens with zero attached hydrogens (tertiary/aromatic N) is 2. The van der Waals surface area contributed by atoms with Gasteiger partial charge in [0.1, 0.15) is 11.5 Å². The van der Waals surface area contributed by atoms with Crippen molar-refractivity contribution in [2.24, 2.45) is 0 Å². The first kappa shape index (κ1) is 17.3. The lowest BCUT2D eigenvalue weighted by Crippen LogP contribution is -2.49. The Balaban J connectivity index is 1.80. The molecule has 0 saturated carbocycles. The summed E-state index contributed by atoms with van der Waals surface area (Å²) in [6.45, 7) is 2.18. The van der Waals surface area contributed by atoms with Crippen molar-refractivity contribution in [2.45, 2.75) is 6.04 Å². The number of amides is 1. The van der Waals surface area contributed by atoms with Crippen LogP contribution in [-0.4, -0.2) is 56.6 Å². The third kappa shape index (κ3) is 3.61. The number of hydrogen-bond donors (Lipinski definition) is 0. The number of para-hydroxylation sites is 1. The molecule has 0 spiro atoms. The summed E-state index contributed by atoms with van der Waals surface area (Å²) in [6.07, 6.45) is 0. The number of ether oxygens (including phenoxy) is 2. The van der Waals surface area contributed by atoms with E-state index in [1.54, 1.807) is 14.2 Å². The topological polar surface area (TPSA) is 42.0 Å². The zero-order chi connectivity index (χ0) is 17.8. The van der Waals surface area contributed by atoms with Crippen LogP contribution >= 0.6 is 0 Å². The molecule has 2 aromatic carbocycles. The number of rotatable bonds is 4. The maximum absolute atomic E-state index is 12.9. The number of carbonyl (C=O) groups excluding carboxylic acids is 1. The monoisotopic (exact) mass is 340 g/mol. The fourth-order valence-electron chi connectivity index (χ4n) is 3.25. The van der Waals surface area contributed by atoms with Gasteiger partial charge in [0.05, 0.1) is 20.3 Å². The fourth-order valence-corrected chi connectivity index (χ4v) is 3.25. The van der Waals surface area contributed by atoms with Gasteiger partial charge in [0.2, 0.25) is 0 Å². The summed E-state index contributed by atoms with van der Waals surface area (Å²) in [7, 11) is 5.39. The highest BCUT2D eigenvalue weighted by Crippen LogP contribution is 2.31. The van der Waals surface area contributed by atoms with Crippen molar-refractivity contribution in [1.29, 1.82) is 0 Å². The highest BCUT2D eigenvalue weighted by molar-refractivity contribution is 5.94. The summed E-state index contributed by atoms with van der Waals surface area (Å²) >= 11 is 0. The standard InChI is InChI=1S/C20H24N2O3/c1-21-12-13-22(20(23)15-8-10-16(24-2)11-9-15)14-18(21)17-6-4-5-7-19(17)25-3/h4-11,18H,12-14H2,1-3H3. The normalized spacial score (nSPS) is 18.0. The van der Waals surface area contributed by atoms with Crippen molar-refractivity contribution in [3.8, 4) is 11.5 Å². The summed E-state index contributed by atoms with van der Waals surface area (Å²) in [5.41, 5.74) is 1.80. The van der Waals surface area contributed by atoms with Gasteiger partial charge in [0, 0.05) is 30.8 Å². The van der Waals surface area contributed by atoms with Gasteiger partial charge >= 0.3 is 0 Å². The molecule has 1 atom stereocenters. The zero-order valence-electron chi connectivity index (χ0n) is 14.9. The number of methoxy groups -OCH3 is 2. The van der Waals surface area contributed by atoms with Gasteiger partial charge in [-0.1, -0.05) is 18.2 Å². The lowest BCUT2D eigenvalue weighted by atomic mass is 10.0. The van der Waals surface area contributed by atoms with Gasteiger partial charge < -0.3 is 14.4 Å². The van der Waals surface area contributed by atoms with Crippen LogP contribution in [0.4, 0.5) is 0 Å². The van der Waals surface area contributed by atoms with E-state index in [2.05, 4.69) is 18.0 Å². The smallest absolute Gasteiger partial charge is 0.253 e. The third-order valence-electron chi connectivity index (χ3n) is 4.77. The van der Waals surface area contributed by atoms with Gasteiger partial charge in [0.15, 0.2) is 0 Å². The third-order valence-corrected chi connectivity index (χ3v) is 4.77. The molecular weight excluding hydrogens is 316 g/mol. The number of benzene rings is 2. The van der Waals surface area contributed by atoms with Crippen LogP contribution in [0.25, 0.3) is 0 Å². The Morgan fingerprint density at radius 2 is 1.72 bits per heavy atom. The van der Waals surface area contributed by atoms with Crippen molar-refractivity contribution < 1.29 is 14.3 Å². The molecule has 2 aromatic rings. The molecule has 5 heteroatoms. The van der Waals surface area contributed by atoms with Crippen LogP contribution in [0, 0.1) is 0 Å². The Hall–Kier alpha value is -2.53. The molecule has 3 rings (SSSR count). The molecule has 1 aliphatic heterocycles. The lowest BCUT2D eigenvalue weighted by molar-refractivity contribution is 0.0542. The average Bonchev–Trinajstić information content (AvgIpc) is 2.68. The number of piperazine rings is 1. The summed E-state index contributed by atoms with van der Waals surface area (Å²) in [4.78, 5) is 17.1. The molecule has 1 fully saturated rings. The molecule has 0 bridgehead atoms.